The van der Waals surface area contributed by atoms with Gasteiger partial charge in [0, 0.05) is 31.6 Å². The number of benzene rings is 2. The fourth-order valence-electron chi connectivity index (χ4n) is 4.11. The molecule has 4 rings (SSSR count). The molecule has 2 aromatic heterocycles. The van der Waals surface area contributed by atoms with Gasteiger partial charge in [-0.3, -0.25) is 20.0 Å². The standard InChI is InChI=1S/C28H31N7O5.C2H4O2/c1-4-39-23-15-19(11-12-21(23)40-16-24(36)31-2)20(14-17-7-9-18(10-8-17)25(29)30)26-33-28(37)35(34-26)27-22(38-3)6-5-13-32-27;1-2(3)4/h5-13,15,20H,4,14,16H2,1-3H3,(H3,29,30)(H,31,36)(H,33,34,37);1H3,(H,3,4). The van der Waals surface area contributed by atoms with E-state index < -0.39 is 17.6 Å². The number of rotatable bonds is 12. The molecule has 44 heavy (non-hydrogen) atoms. The molecule has 6 N–H and O–H groups in total. The molecule has 0 aliphatic heterocycles. The minimum absolute atomic E-state index is 0.0239. The number of amidine groups is 1. The van der Waals surface area contributed by atoms with E-state index in [9.17, 15) is 9.59 Å². The summed E-state index contributed by atoms with van der Waals surface area (Å²) in [5.41, 5.74) is 7.48. The van der Waals surface area contributed by atoms with Crippen LogP contribution >= 0.6 is 0 Å². The number of aromatic amines is 1. The van der Waals surface area contributed by atoms with Gasteiger partial charge in [-0.15, -0.1) is 5.10 Å². The molecule has 0 radical (unpaired) electrons. The van der Waals surface area contributed by atoms with Gasteiger partial charge >= 0.3 is 5.69 Å². The molecule has 2 aromatic carbocycles. The van der Waals surface area contributed by atoms with Crippen molar-refractivity contribution in [2.24, 2.45) is 5.73 Å². The second-order valence-corrected chi connectivity index (χ2v) is 9.24. The lowest BCUT2D eigenvalue weighted by atomic mass is 9.90. The highest BCUT2D eigenvalue weighted by Gasteiger charge is 2.24. The summed E-state index contributed by atoms with van der Waals surface area (Å²) in [5, 5.41) is 22.2. The number of aliphatic carboxylic acids is 1. The third-order valence-corrected chi connectivity index (χ3v) is 6.15. The zero-order chi connectivity index (χ0) is 32.2. The summed E-state index contributed by atoms with van der Waals surface area (Å²) < 4.78 is 18.1. The Bertz CT molecular complexity index is 1640. The zero-order valence-electron chi connectivity index (χ0n) is 24.8. The van der Waals surface area contributed by atoms with Gasteiger partial charge in [0.1, 0.15) is 11.7 Å². The highest BCUT2D eigenvalue weighted by atomic mass is 16.5. The Kier molecular flexibility index (Phi) is 11.6. The molecule has 1 unspecified atom stereocenters. The Morgan fingerprint density at radius 2 is 1.82 bits per heavy atom. The molecule has 0 aliphatic rings. The molecule has 0 saturated carbocycles. The van der Waals surface area contributed by atoms with Gasteiger partial charge < -0.3 is 30.4 Å². The molecule has 4 aromatic rings. The summed E-state index contributed by atoms with van der Waals surface area (Å²) in [7, 11) is 3.03. The van der Waals surface area contributed by atoms with E-state index in [1.165, 1.54) is 18.8 Å². The lowest BCUT2D eigenvalue weighted by Gasteiger charge is -2.18. The van der Waals surface area contributed by atoms with Crippen LogP contribution in [0.3, 0.4) is 0 Å². The number of carboxylic acid groups (broad SMARTS) is 1. The van der Waals surface area contributed by atoms with Crippen molar-refractivity contribution in [1.82, 2.24) is 25.1 Å². The number of carbonyl (C=O) groups is 2. The van der Waals surface area contributed by atoms with Crippen molar-refractivity contribution in [3.63, 3.8) is 0 Å². The number of nitrogens with one attached hydrogen (secondary N) is 3. The van der Waals surface area contributed by atoms with Crippen LogP contribution in [0.4, 0.5) is 0 Å². The minimum Gasteiger partial charge on any atom is -0.493 e. The van der Waals surface area contributed by atoms with Gasteiger partial charge in [-0.05, 0) is 48.7 Å². The van der Waals surface area contributed by atoms with E-state index in [2.05, 4.69) is 20.4 Å². The van der Waals surface area contributed by atoms with E-state index in [1.54, 1.807) is 36.5 Å². The van der Waals surface area contributed by atoms with Gasteiger partial charge in [0.15, 0.2) is 23.9 Å². The highest BCUT2D eigenvalue weighted by molar-refractivity contribution is 5.94. The van der Waals surface area contributed by atoms with Gasteiger partial charge in [0.25, 0.3) is 11.9 Å². The number of likely N-dealkylation sites (N-methyl/N-ethyl adjacent to an activating group) is 1. The Morgan fingerprint density at radius 1 is 1.11 bits per heavy atom. The lowest BCUT2D eigenvalue weighted by Crippen LogP contribution is -2.25. The largest absolute Gasteiger partial charge is 0.493 e. The van der Waals surface area contributed by atoms with Crippen molar-refractivity contribution in [3.8, 4) is 23.1 Å². The third-order valence-electron chi connectivity index (χ3n) is 6.15. The fraction of sp³-hybridized carbons (Fsp3) is 0.267. The lowest BCUT2D eigenvalue weighted by molar-refractivity contribution is -0.134. The normalized spacial score (nSPS) is 11.0. The first-order valence-corrected chi connectivity index (χ1v) is 13.5. The number of pyridine rings is 1. The molecular formula is C30H35N7O7. The van der Waals surface area contributed by atoms with Crippen LogP contribution in [0, 0.1) is 5.41 Å². The van der Waals surface area contributed by atoms with Crippen LogP contribution in [0.2, 0.25) is 0 Å². The molecule has 0 spiro atoms. The van der Waals surface area contributed by atoms with E-state index in [0.717, 1.165) is 18.1 Å². The van der Waals surface area contributed by atoms with Crippen molar-refractivity contribution in [3.05, 3.63) is 93.8 Å². The van der Waals surface area contributed by atoms with Crippen molar-refractivity contribution in [1.29, 1.82) is 5.41 Å². The smallest absolute Gasteiger partial charge is 0.349 e. The molecule has 1 amide bonds. The van der Waals surface area contributed by atoms with Gasteiger partial charge in [-0.1, -0.05) is 30.3 Å². The summed E-state index contributed by atoms with van der Waals surface area (Å²) in [6, 6.07) is 16.1. The first kappa shape index (κ1) is 32.8. The quantitative estimate of drug-likeness (QED) is 0.117. The van der Waals surface area contributed by atoms with E-state index in [-0.39, 0.29) is 24.2 Å². The van der Waals surface area contributed by atoms with Gasteiger partial charge in [0.2, 0.25) is 5.82 Å². The van der Waals surface area contributed by atoms with Crippen LogP contribution in [-0.4, -0.2) is 69.9 Å². The molecular weight excluding hydrogens is 570 g/mol. The third kappa shape index (κ3) is 8.67. The van der Waals surface area contributed by atoms with Gasteiger partial charge in [-0.25, -0.2) is 9.78 Å². The van der Waals surface area contributed by atoms with Crippen LogP contribution in [0.25, 0.3) is 5.82 Å². The average molecular weight is 606 g/mol. The summed E-state index contributed by atoms with van der Waals surface area (Å²) in [6.45, 7) is 3.15. The number of ether oxygens (including phenoxy) is 3. The summed E-state index contributed by atoms with van der Waals surface area (Å²) in [4.78, 5) is 40.9. The Morgan fingerprint density at radius 3 is 2.43 bits per heavy atom. The minimum atomic E-state index is -0.833. The Balaban J connectivity index is 0.00000124. The Hall–Kier alpha value is -5.66. The van der Waals surface area contributed by atoms with Crippen molar-refractivity contribution in [2.45, 2.75) is 26.2 Å². The summed E-state index contributed by atoms with van der Waals surface area (Å²) >= 11 is 0. The first-order chi connectivity index (χ1) is 21.1. The molecule has 0 fully saturated rings. The van der Waals surface area contributed by atoms with E-state index in [0.29, 0.717) is 41.7 Å². The van der Waals surface area contributed by atoms with Crippen molar-refractivity contribution < 1.29 is 28.9 Å². The van der Waals surface area contributed by atoms with Gasteiger partial charge in [-0.2, -0.15) is 4.68 Å². The second kappa shape index (κ2) is 15.5. The highest BCUT2D eigenvalue weighted by Crippen LogP contribution is 2.35. The Labute approximate surface area is 253 Å². The number of hydrogen-bond acceptors (Lipinski definition) is 9. The SMILES string of the molecule is CC(=O)O.CCOc1cc(C(Cc2ccc(C(=N)N)cc2)c2nn(-c3ncccc3OC)c(=O)[nH]2)ccc1OCC(=O)NC. The fourth-order valence-corrected chi connectivity index (χ4v) is 4.11. The number of hydrogen-bond donors (Lipinski definition) is 5. The molecule has 0 saturated heterocycles. The number of methoxy groups -OCH3 is 1. The first-order valence-electron chi connectivity index (χ1n) is 13.5. The van der Waals surface area contributed by atoms with Gasteiger partial charge in [0.05, 0.1) is 13.7 Å². The van der Waals surface area contributed by atoms with E-state index in [4.69, 9.17) is 35.3 Å². The number of H-pyrrole nitrogens is 1. The predicted molar refractivity (Wildman–Crippen MR) is 162 cm³/mol. The second-order valence-electron chi connectivity index (χ2n) is 9.24. The molecule has 14 nitrogen and oxygen atoms in total. The molecule has 1 atom stereocenters. The topological polar surface area (TPSA) is 208 Å². The van der Waals surface area contributed by atoms with Crippen LogP contribution in [0.1, 0.15) is 42.3 Å². The monoisotopic (exact) mass is 605 g/mol. The molecule has 0 aliphatic carbocycles. The number of aromatic nitrogens is 4. The van der Waals surface area contributed by atoms with Crippen molar-refractivity contribution >= 4 is 17.7 Å². The summed E-state index contributed by atoms with van der Waals surface area (Å²) in [6.07, 6.45) is 2.01. The number of nitrogens with zero attached hydrogens (tertiary/aromatic N) is 3. The maximum Gasteiger partial charge on any atom is 0.349 e. The zero-order valence-corrected chi connectivity index (χ0v) is 24.8. The van der Waals surface area contributed by atoms with E-state index in [1.807, 2.05) is 31.2 Å². The van der Waals surface area contributed by atoms with Crippen molar-refractivity contribution in [2.75, 3.05) is 27.4 Å². The molecule has 0 bridgehead atoms. The summed E-state index contributed by atoms with van der Waals surface area (Å²) in [5.74, 6) is 0.375. The van der Waals surface area contributed by atoms with Crippen LogP contribution in [0.5, 0.6) is 17.2 Å². The molecule has 2 heterocycles. The number of carbonyl (C=O) groups excluding carboxylic acids is 1. The maximum atomic E-state index is 13.0. The number of carboxylic acids is 1. The predicted octanol–water partition coefficient (Wildman–Crippen LogP) is 2.24. The average Bonchev–Trinajstić information content (AvgIpc) is 3.39. The number of nitrogen functional groups attached to an aromatic ring is 1. The number of nitrogens with two attached hydrogens (primary N) is 1. The molecule has 14 heteroatoms. The van der Waals surface area contributed by atoms with E-state index >= 15 is 0 Å². The number of amides is 1. The van der Waals surface area contributed by atoms with Crippen LogP contribution in [0.15, 0.2) is 65.6 Å². The van der Waals surface area contributed by atoms with Crippen LogP contribution in [-0.2, 0) is 16.0 Å². The maximum absolute atomic E-state index is 13.0. The molecule has 232 valence electrons. The van der Waals surface area contributed by atoms with Crippen LogP contribution < -0.4 is 31.0 Å².